The van der Waals surface area contributed by atoms with Crippen molar-refractivity contribution in [1.82, 2.24) is 4.31 Å². The lowest BCUT2D eigenvalue weighted by atomic mass is 10.2. The van der Waals surface area contributed by atoms with Crippen LogP contribution in [0.4, 0.5) is 4.39 Å². The highest BCUT2D eigenvalue weighted by molar-refractivity contribution is 9.10. The number of sulfonamides is 1. The Hall–Kier alpha value is -0.460. The van der Waals surface area contributed by atoms with Gasteiger partial charge in [-0.25, -0.2) is 12.8 Å². The maximum absolute atomic E-state index is 13.7. The molecule has 2 rings (SSSR count). The Labute approximate surface area is 109 Å². The van der Waals surface area contributed by atoms with Crippen molar-refractivity contribution < 1.29 is 12.8 Å². The Morgan fingerprint density at radius 3 is 2.71 bits per heavy atom. The van der Waals surface area contributed by atoms with E-state index in [4.69, 9.17) is 0 Å². The molecule has 0 N–H and O–H groups in total. The number of rotatable bonds is 2. The van der Waals surface area contributed by atoms with Crippen LogP contribution in [0.3, 0.4) is 0 Å². The smallest absolute Gasteiger partial charge is 0.207 e. The molecule has 0 bridgehead atoms. The first kappa shape index (κ1) is 13.0. The zero-order valence-electron chi connectivity index (χ0n) is 9.36. The van der Waals surface area contributed by atoms with E-state index in [0.717, 1.165) is 6.42 Å². The summed E-state index contributed by atoms with van der Waals surface area (Å²) in [5.74, 6) is -0.373. The van der Waals surface area contributed by atoms with Gasteiger partial charge >= 0.3 is 0 Å². The molecule has 6 heteroatoms. The van der Waals surface area contributed by atoms with Crippen LogP contribution < -0.4 is 0 Å². The molecule has 1 unspecified atom stereocenters. The van der Waals surface area contributed by atoms with Crippen LogP contribution in [-0.2, 0) is 10.0 Å². The second-order valence-corrected chi connectivity index (χ2v) is 7.15. The molecule has 0 radical (unpaired) electrons. The van der Waals surface area contributed by atoms with Crippen LogP contribution in [-0.4, -0.2) is 25.8 Å². The highest BCUT2D eigenvalue weighted by Gasteiger charge is 2.32. The summed E-state index contributed by atoms with van der Waals surface area (Å²) in [4.78, 5) is -0.241. The average molecular weight is 322 g/mol. The summed E-state index contributed by atoms with van der Waals surface area (Å²) < 4.78 is 39.9. The maximum Gasteiger partial charge on any atom is 0.245 e. The van der Waals surface area contributed by atoms with Gasteiger partial charge in [0.05, 0.1) is 0 Å². The molecule has 1 aliphatic heterocycles. The first-order valence-corrected chi connectivity index (χ1v) is 7.60. The minimum absolute atomic E-state index is 0.241. The van der Waals surface area contributed by atoms with Gasteiger partial charge in [0.15, 0.2) is 0 Å². The van der Waals surface area contributed by atoms with E-state index in [9.17, 15) is 12.8 Å². The zero-order chi connectivity index (χ0) is 12.6. The fraction of sp³-hybridized carbons (Fsp3) is 0.455. The zero-order valence-corrected chi connectivity index (χ0v) is 11.8. The monoisotopic (exact) mass is 321 g/mol. The highest BCUT2D eigenvalue weighted by Crippen LogP contribution is 2.26. The summed E-state index contributed by atoms with van der Waals surface area (Å²) in [5.41, 5.74) is 0. The van der Waals surface area contributed by atoms with Gasteiger partial charge in [0.2, 0.25) is 10.0 Å². The molecule has 17 heavy (non-hydrogen) atoms. The van der Waals surface area contributed by atoms with Crippen LogP contribution in [0.2, 0.25) is 0 Å². The van der Waals surface area contributed by atoms with Crippen LogP contribution in [0.5, 0.6) is 0 Å². The molecule has 0 spiro atoms. The summed E-state index contributed by atoms with van der Waals surface area (Å²) in [6.45, 7) is 2.93. The molecule has 1 saturated heterocycles. The first-order valence-electron chi connectivity index (χ1n) is 5.36. The topological polar surface area (TPSA) is 37.4 Å². The van der Waals surface area contributed by atoms with Crippen LogP contribution >= 0.6 is 15.9 Å². The third kappa shape index (κ3) is 2.53. The van der Waals surface area contributed by atoms with E-state index in [1.165, 1.54) is 22.5 Å². The van der Waals surface area contributed by atoms with Crippen LogP contribution in [0.1, 0.15) is 13.3 Å². The second-order valence-electron chi connectivity index (χ2n) is 4.33. The third-order valence-electron chi connectivity index (χ3n) is 2.90. The minimum atomic E-state index is -3.68. The van der Waals surface area contributed by atoms with Gasteiger partial charge in [0.1, 0.15) is 10.7 Å². The standard InChI is InChI=1S/C11H13BrFNO2S/c1-8-4-5-14(7-8)17(15,16)11-3-2-9(12)6-10(11)13/h2-3,6,8H,4-5,7H2,1H3. The highest BCUT2D eigenvalue weighted by atomic mass is 79.9. The molecule has 3 nitrogen and oxygen atoms in total. The Morgan fingerprint density at radius 2 is 2.18 bits per heavy atom. The van der Waals surface area contributed by atoms with Crippen LogP contribution in [0, 0.1) is 11.7 Å². The largest absolute Gasteiger partial charge is 0.245 e. The van der Waals surface area contributed by atoms with E-state index < -0.39 is 15.8 Å². The molecule has 1 atom stereocenters. The molecule has 1 aromatic carbocycles. The molecule has 1 aromatic rings. The Bertz CT molecular complexity index is 532. The van der Waals surface area contributed by atoms with Gasteiger partial charge in [-0.2, -0.15) is 4.31 Å². The third-order valence-corrected chi connectivity index (χ3v) is 5.29. The van der Waals surface area contributed by atoms with Crippen molar-refractivity contribution in [3.63, 3.8) is 0 Å². The van der Waals surface area contributed by atoms with E-state index in [-0.39, 0.29) is 4.90 Å². The van der Waals surface area contributed by atoms with Gasteiger partial charge in [-0.3, -0.25) is 0 Å². The van der Waals surface area contributed by atoms with Crippen molar-refractivity contribution in [3.05, 3.63) is 28.5 Å². The molecule has 0 amide bonds. The van der Waals surface area contributed by atoms with Gasteiger partial charge in [0, 0.05) is 17.6 Å². The van der Waals surface area contributed by atoms with Crippen molar-refractivity contribution >= 4 is 26.0 Å². The summed E-state index contributed by atoms with van der Waals surface area (Å²) in [6.07, 6.45) is 0.831. The van der Waals surface area contributed by atoms with Crippen LogP contribution in [0.25, 0.3) is 0 Å². The van der Waals surface area contributed by atoms with E-state index in [1.54, 1.807) is 0 Å². The van der Waals surface area contributed by atoms with E-state index in [2.05, 4.69) is 15.9 Å². The van der Waals surface area contributed by atoms with Crippen molar-refractivity contribution in [2.24, 2.45) is 5.92 Å². The van der Waals surface area contributed by atoms with Gasteiger partial charge in [0.25, 0.3) is 0 Å². The molecule has 94 valence electrons. The number of nitrogens with zero attached hydrogens (tertiary/aromatic N) is 1. The van der Waals surface area contributed by atoms with Crippen LogP contribution in [0.15, 0.2) is 27.6 Å². The van der Waals surface area contributed by atoms with Gasteiger partial charge in [-0.15, -0.1) is 0 Å². The fourth-order valence-corrected chi connectivity index (χ4v) is 3.89. The summed E-state index contributed by atoms with van der Waals surface area (Å²) >= 11 is 3.11. The maximum atomic E-state index is 13.7. The van der Waals surface area contributed by atoms with Gasteiger partial charge < -0.3 is 0 Å². The second kappa shape index (κ2) is 4.66. The van der Waals surface area contributed by atoms with Crippen molar-refractivity contribution in [2.75, 3.05) is 13.1 Å². The van der Waals surface area contributed by atoms with Crippen molar-refractivity contribution in [2.45, 2.75) is 18.2 Å². The predicted molar refractivity (Wildman–Crippen MR) is 66.6 cm³/mol. The van der Waals surface area contributed by atoms with E-state index >= 15 is 0 Å². The molecule has 0 aliphatic carbocycles. The average Bonchev–Trinajstić information content (AvgIpc) is 2.64. The van der Waals surface area contributed by atoms with E-state index in [1.807, 2.05) is 6.92 Å². The van der Waals surface area contributed by atoms with E-state index in [0.29, 0.717) is 23.5 Å². The Morgan fingerprint density at radius 1 is 1.47 bits per heavy atom. The van der Waals surface area contributed by atoms with Gasteiger partial charge in [-0.05, 0) is 30.5 Å². The number of hydrogen-bond donors (Lipinski definition) is 0. The fourth-order valence-electron chi connectivity index (χ4n) is 1.94. The molecule has 1 heterocycles. The van der Waals surface area contributed by atoms with Gasteiger partial charge in [-0.1, -0.05) is 22.9 Å². The molecular formula is C11H13BrFNO2S. The van der Waals surface area contributed by atoms with Crippen molar-refractivity contribution in [3.8, 4) is 0 Å². The lowest BCUT2D eigenvalue weighted by molar-refractivity contribution is 0.458. The normalized spacial score (nSPS) is 21.9. The Balaban J connectivity index is 2.38. The molecular weight excluding hydrogens is 309 g/mol. The lowest BCUT2D eigenvalue weighted by Gasteiger charge is -2.16. The SMILES string of the molecule is CC1CCN(S(=O)(=O)c2ccc(Br)cc2F)C1. The summed E-state index contributed by atoms with van der Waals surface area (Å²) in [7, 11) is -3.68. The first-order chi connectivity index (χ1) is 7.91. The predicted octanol–water partition coefficient (Wildman–Crippen LogP) is 2.62. The molecule has 1 aliphatic rings. The minimum Gasteiger partial charge on any atom is -0.207 e. The summed E-state index contributed by atoms with van der Waals surface area (Å²) in [5, 5.41) is 0. The quantitative estimate of drug-likeness (QED) is 0.839. The molecule has 0 saturated carbocycles. The number of halogens is 2. The van der Waals surface area contributed by atoms with Crippen molar-refractivity contribution in [1.29, 1.82) is 0 Å². The summed E-state index contributed by atoms with van der Waals surface area (Å²) in [6, 6.07) is 4.01. The molecule has 0 aromatic heterocycles. The molecule has 1 fully saturated rings. The lowest BCUT2D eigenvalue weighted by Crippen LogP contribution is -2.29. The Kier molecular flexibility index (Phi) is 3.56. The number of hydrogen-bond acceptors (Lipinski definition) is 2. The number of benzene rings is 1.